The van der Waals surface area contributed by atoms with Crippen LogP contribution in [0.1, 0.15) is 0 Å². The monoisotopic (exact) mass is 258 g/mol. The molecule has 3 nitrogen and oxygen atoms in total. The number of benzene rings is 1. The van der Waals surface area contributed by atoms with Crippen molar-refractivity contribution >= 4 is 0 Å². The van der Waals surface area contributed by atoms with Gasteiger partial charge in [0.1, 0.15) is 5.75 Å². The summed E-state index contributed by atoms with van der Waals surface area (Å²) in [6.07, 6.45) is -4.89. The van der Waals surface area contributed by atoms with Crippen LogP contribution in [0.2, 0.25) is 0 Å². The molecule has 0 N–H and O–H groups in total. The normalized spacial score (nSPS) is 11.5. The zero-order chi connectivity index (χ0) is 13.1. The van der Waals surface area contributed by atoms with E-state index in [9.17, 15) is 22.0 Å². The van der Waals surface area contributed by atoms with Crippen LogP contribution in [0.5, 0.6) is 17.2 Å². The van der Waals surface area contributed by atoms with Crippen LogP contribution in [-0.4, -0.2) is 20.1 Å². The number of alkyl halides is 5. The van der Waals surface area contributed by atoms with Crippen LogP contribution >= 0.6 is 0 Å². The Morgan fingerprint density at radius 2 is 1.76 bits per heavy atom. The second kappa shape index (κ2) is 5.07. The molecule has 0 saturated heterocycles. The fourth-order valence-corrected chi connectivity index (χ4v) is 1.03. The molecule has 0 aliphatic carbocycles. The first kappa shape index (κ1) is 13.3. The summed E-state index contributed by atoms with van der Waals surface area (Å²) in [5, 5.41) is 0. The van der Waals surface area contributed by atoms with Crippen molar-refractivity contribution < 1.29 is 36.2 Å². The molecule has 0 amide bonds. The minimum absolute atomic E-state index is 0.327. The number of halogens is 5. The Labute approximate surface area is 92.7 Å². The van der Waals surface area contributed by atoms with Gasteiger partial charge in [0, 0.05) is 6.07 Å². The van der Waals surface area contributed by atoms with Crippen molar-refractivity contribution in [3.63, 3.8) is 0 Å². The van der Waals surface area contributed by atoms with Crippen LogP contribution in [-0.2, 0) is 0 Å². The molecule has 8 heteroatoms. The molecule has 0 radical (unpaired) electrons. The number of rotatable bonds is 4. The molecule has 1 aromatic rings. The Morgan fingerprint density at radius 1 is 1.12 bits per heavy atom. The quantitative estimate of drug-likeness (QED) is 0.776. The number of hydrogen-bond acceptors (Lipinski definition) is 3. The maximum absolute atomic E-state index is 11.9. The molecule has 96 valence electrons. The van der Waals surface area contributed by atoms with Crippen LogP contribution in [0.4, 0.5) is 22.0 Å². The molecule has 0 spiro atoms. The van der Waals surface area contributed by atoms with E-state index in [4.69, 9.17) is 0 Å². The van der Waals surface area contributed by atoms with Gasteiger partial charge in [-0.25, -0.2) is 0 Å². The van der Waals surface area contributed by atoms with Gasteiger partial charge in [0.25, 0.3) is 0 Å². The molecular formula is C9H7F5O3. The second-order valence-corrected chi connectivity index (χ2v) is 2.74. The number of hydrogen-bond donors (Lipinski definition) is 0. The van der Waals surface area contributed by atoms with Crippen molar-refractivity contribution in [1.29, 1.82) is 0 Å². The summed E-state index contributed by atoms with van der Waals surface area (Å²) in [7, 11) is 1.07. The van der Waals surface area contributed by atoms with Gasteiger partial charge in [0.2, 0.25) is 0 Å². The molecule has 1 rings (SSSR count). The van der Waals surface area contributed by atoms with Crippen molar-refractivity contribution in [2.45, 2.75) is 13.0 Å². The Hall–Kier alpha value is -1.73. The van der Waals surface area contributed by atoms with Crippen molar-refractivity contribution in [3.8, 4) is 17.2 Å². The zero-order valence-electron chi connectivity index (χ0n) is 8.42. The molecule has 0 atom stereocenters. The van der Waals surface area contributed by atoms with Gasteiger partial charge in [-0.3, -0.25) is 0 Å². The fourth-order valence-electron chi connectivity index (χ4n) is 1.03. The molecule has 0 fully saturated rings. The highest BCUT2D eigenvalue weighted by Gasteiger charge is 2.32. The highest BCUT2D eigenvalue weighted by atomic mass is 19.4. The van der Waals surface area contributed by atoms with Gasteiger partial charge in [-0.05, 0) is 12.1 Å². The first-order valence-electron chi connectivity index (χ1n) is 4.20. The predicted octanol–water partition coefficient (Wildman–Crippen LogP) is 3.20. The average Bonchev–Trinajstić information content (AvgIpc) is 2.17. The maximum Gasteiger partial charge on any atom is 0.573 e. The largest absolute Gasteiger partial charge is 0.573 e. The maximum atomic E-state index is 11.9. The summed E-state index contributed by atoms with van der Waals surface area (Å²) >= 11 is 0. The van der Waals surface area contributed by atoms with Gasteiger partial charge in [0.05, 0.1) is 7.11 Å². The standard InChI is InChI=1S/C9H7F5O3/c1-15-7-4-5(16-8(10)11)2-3-6(7)17-9(12,13)14/h2-4,8H,1H3. The first-order valence-corrected chi connectivity index (χ1v) is 4.20. The van der Waals surface area contributed by atoms with E-state index in [0.29, 0.717) is 0 Å². The molecule has 0 saturated carbocycles. The lowest BCUT2D eigenvalue weighted by Crippen LogP contribution is -2.17. The van der Waals surface area contributed by atoms with E-state index in [-0.39, 0.29) is 11.5 Å². The summed E-state index contributed by atoms with van der Waals surface area (Å²) in [4.78, 5) is 0. The Morgan fingerprint density at radius 3 is 2.24 bits per heavy atom. The molecular weight excluding hydrogens is 251 g/mol. The van der Waals surface area contributed by atoms with Gasteiger partial charge in [0.15, 0.2) is 11.5 Å². The van der Waals surface area contributed by atoms with E-state index in [1.807, 2.05) is 0 Å². The topological polar surface area (TPSA) is 27.7 Å². The molecule has 0 bridgehead atoms. The molecule has 17 heavy (non-hydrogen) atoms. The Kier molecular flexibility index (Phi) is 3.97. The predicted molar refractivity (Wildman–Crippen MR) is 46.3 cm³/mol. The number of ether oxygens (including phenoxy) is 3. The van der Waals surface area contributed by atoms with E-state index in [1.54, 1.807) is 0 Å². The lowest BCUT2D eigenvalue weighted by molar-refractivity contribution is -0.275. The van der Waals surface area contributed by atoms with Gasteiger partial charge < -0.3 is 14.2 Å². The SMILES string of the molecule is COc1cc(OC(F)F)ccc1OC(F)(F)F. The smallest absolute Gasteiger partial charge is 0.493 e. The average molecular weight is 258 g/mol. The lowest BCUT2D eigenvalue weighted by atomic mass is 10.3. The minimum Gasteiger partial charge on any atom is -0.493 e. The van der Waals surface area contributed by atoms with E-state index in [0.717, 1.165) is 25.3 Å². The molecule has 0 heterocycles. The van der Waals surface area contributed by atoms with Crippen molar-refractivity contribution in [2.75, 3.05) is 7.11 Å². The van der Waals surface area contributed by atoms with Crippen LogP contribution in [0.15, 0.2) is 18.2 Å². The number of methoxy groups -OCH3 is 1. The lowest BCUT2D eigenvalue weighted by Gasteiger charge is -2.13. The molecule has 0 aromatic heterocycles. The van der Waals surface area contributed by atoms with Crippen LogP contribution in [0.3, 0.4) is 0 Å². The fraction of sp³-hybridized carbons (Fsp3) is 0.333. The van der Waals surface area contributed by atoms with Gasteiger partial charge >= 0.3 is 13.0 Å². The summed E-state index contributed by atoms with van der Waals surface area (Å²) < 4.78 is 71.7. The molecule has 0 unspecified atom stereocenters. The molecule has 0 aliphatic heterocycles. The minimum atomic E-state index is -4.89. The van der Waals surface area contributed by atoms with Crippen LogP contribution in [0.25, 0.3) is 0 Å². The van der Waals surface area contributed by atoms with Gasteiger partial charge in [-0.1, -0.05) is 0 Å². The highest BCUT2D eigenvalue weighted by molar-refractivity contribution is 5.45. The van der Waals surface area contributed by atoms with Crippen molar-refractivity contribution in [2.24, 2.45) is 0 Å². The first-order chi connectivity index (χ1) is 7.81. The van der Waals surface area contributed by atoms with Crippen molar-refractivity contribution in [1.82, 2.24) is 0 Å². The zero-order valence-corrected chi connectivity index (χ0v) is 8.42. The third-order valence-corrected chi connectivity index (χ3v) is 1.59. The third-order valence-electron chi connectivity index (χ3n) is 1.59. The Bertz CT molecular complexity index is 377. The summed E-state index contributed by atoms with van der Waals surface area (Å²) in [6.45, 7) is -3.07. The van der Waals surface area contributed by atoms with Gasteiger partial charge in [-0.15, -0.1) is 13.2 Å². The Balaban J connectivity index is 2.93. The summed E-state index contributed by atoms with van der Waals surface area (Å²) in [6, 6.07) is 2.60. The second-order valence-electron chi connectivity index (χ2n) is 2.74. The summed E-state index contributed by atoms with van der Waals surface area (Å²) in [5.74, 6) is -1.33. The van der Waals surface area contributed by atoms with E-state index < -0.39 is 18.7 Å². The van der Waals surface area contributed by atoms with Crippen LogP contribution < -0.4 is 14.2 Å². The molecule has 1 aromatic carbocycles. The highest BCUT2D eigenvalue weighted by Crippen LogP contribution is 2.35. The van der Waals surface area contributed by atoms with E-state index in [1.165, 1.54) is 0 Å². The van der Waals surface area contributed by atoms with E-state index in [2.05, 4.69) is 14.2 Å². The van der Waals surface area contributed by atoms with E-state index >= 15 is 0 Å². The van der Waals surface area contributed by atoms with Crippen molar-refractivity contribution in [3.05, 3.63) is 18.2 Å². The molecule has 0 aliphatic rings. The third kappa shape index (κ3) is 4.33. The summed E-state index contributed by atoms with van der Waals surface area (Å²) in [5.41, 5.74) is 0. The van der Waals surface area contributed by atoms with Crippen LogP contribution in [0, 0.1) is 0 Å². The van der Waals surface area contributed by atoms with Gasteiger partial charge in [-0.2, -0.15) is 8.78 Å².